The fourth-order valence-corrected chi connectivity index (χ4v) is 1.19. The maximum atomic E-state index is 13.0. The van der Waals surface area contributed by atoms with Crippen LogP contribution in [0.15, 0.2) is 28.7 Å². The fraction of sp³-hybridized carbons (Fsp3) is 0. The van der Waals surface area contributed by atoms with Crippen LogP contribution in [-0.2, 0) is 4.79 Å². The van der Waals surface area contributed by atoms with Crippen molar-refractivity contribution in [3.05, 3.63) is 40.1 Å². The molecule has 0 aliphatic heterocycles. The van der Waals surface area contributed by atoms with E-state index in [1.165, 1.54) is 12.1 Å². The molecule has 0 saturated carbocycles. The summed E-state index contributed by atoms with van der Waals surface area (Å²) in [6.07, 6.45) is 2.45. The van der Waals surface area contributed by atoms with E-state index in [-0.39, 0.29) is 5.82 Å². The van der Waals surface area contributed by atoms with E-state index in [9.17, 15) is 9.18 Å². The zero-order valence-corrected chi connectivity index (χ0v) is 8.21. The van der Waals surface area contributed by atoms with Crippen molar-refractivity contribution in [3.8, 4) is 0 Å². The van der Waals surface area contributed by atoms with Gasteiger partial charge in [0.1, 0.15) is 5.82 Å². The Morgan fingerprint density at radius 2 is 2.23 bits per heavy atom. The highest BCUT2D eigenvalue weighted by Crippen LogP contribution is 2.16. The van der Waals surface area contributed by atoms with E-state index < -0.39 is 5.91 Å². The Labute approximate surface area is 83.4 Å². The van der Waals surface area contributed by atoms with Gasteiger partial charge in [-0.15, -0.1) is 0 Å². The molecule has 2 N–H and O–H groups in total. The zero-order valence-electron chi connectivity index (χ0n) is 6.63. The molecule has 0 aromatic heterocycles. The topological polar surface area (TPSA) is 43.1 Å². The van der Waals surface area contributed by atoms with Gasteiger partial charge in [0, 0.05) is 16.1 Å². The minimum absolute atomic E-state index is 0.327. The van der Waals surface area contributed by atoms with Gasteiger partial charge in [-0.1, -0.05) is 15.9 Å². The summed E-state index contributed by atoms with van der Waals surface area (Å²) in [5.74, 6) is -0.986. The summed E-state index contributed by atoms with van der Waals surface area (Å²) in [4.78, 5) is 10.4. The first-order chi connectivity index (χ1) is 6.09. The number of halogens is 2. The second kappa shape index (κ2) is 4.18. The second-order valence-corrected chi connectivity index (χ2v) is 3.32. The highest BCUT2D eigenvalue weighted by Gasteiger charge is 1.98. The predicted octanol–water partition coefficient (Wildman–Crippen LogP) is 2.09. The van der Waals surface area contributed by atoms with Gasteiger partial charge in [-0.3, -0.25) is 4.79 Å². The maximum Gasteiger partial charge on any atom is 0.241 e. The summed E-state index contributed by atoms with van der Waals surface area (Å²) < 4.78 is 13.7. The van der Waals surface area contributed by atoms with E-state index in [1.54, 1.807) is 12.1 Å². The van der Waals surface area contributed by atoms with Crippen LogP contribution in [0.1, 0.15) is 5.56 Å². The average molecular weight is 244 g/mol. The quantitative estimate of drug-likeness (QED) is 0.795. The Hall–Kier alpha value is -1.16. The zero-order chi connectivity index (χ0) is 9.84. The lowest BCUT2D eigenvalue weighted by Crippen LogP contribution is -2.05. The van der Waals surface area contributed by atoms with E-state index in [4.69, 9.17) is 5.73 Å². The molecule has 1 aromatic carbocycles. The molecule has 0 aliphatic rings. The summed E-state index contributed by atoms with van der Waals surface area (Å²) in [6.45, 7) is 0. The van der Waals surface area contributed by atoms with E-state index >= 15 is 0 Å². The Balaban J connectivity index is 3.00. The van der Waals surface area contributed by atoms with Crippen molar-refractivity contribution >= 4 is 27.9 Å². The molecule has 0 aliphatic carbocycles. The third kappa shape index (κ3) is 2.99. The molecule has 0 unspecified atom stereocenters. The molecule has 1 aromatic rings. The fourth-order valence-electron chi connectivity index (χ4n) is 0.814. The number of hydrogen-bond donors (Lipinski definition) is 1. The first-order valence-corrected chi connectivity index (χ1v) is 4.31. The number of carbonyl (C=O) groups is 1. The van der Waals surface area contributed by atoms with E-state index in [0.29, 0.717) is 5.56 Å². The Morgan fingerprint density at radius 1 is 1.54 bits per heavy atom. The SMILES string of the molecule is NC(=O)C=Cc1cc(Br)ccc1F. The van der Waals surface area contributed by atoms with Gasteiger partial charge in [-0.2, -0.15) is 0 Å². The first kappa shape index (κ1) is 9.92. The lowest BCUT2D eigenvalue weighted by molar-refractivity contribution is -0.113. The standard InChI is InChI=1S/C9H7BrFNO/c10-7-2-3-8(11)6(5-7)1-4-9(12)13/h1-5H,(H2,12,13). The van der Waals surface area contributed by atoms with Gasteiger partial charge in [-0.05, 0) is 24.3 Å². The number of amides is 1. The monoisotopic (exact) mass is 243 g/mol. The first-order valence-electron chi connectivity index (χ1n) is 3.52. The van der Waals surface area contributed by atoms with Crippen LogP contribution in [0, 0.1) is 5.82 Å². The summed E-state index contributed by atoms with van der Waals surface area (Å²) >= 11 is 3.19. The third-order valence-electron chi connectivity index (χ3n) is 1.39. The van der Waals surface area contributed by atoms with Crippen LogP contribution in [-0.4, -0.2) is 5.91 Å². The van der Waals surface area contributed by atoms with Gasteiger partial charge in [0.05, 0.1) is 0 Å². The Morgan fingerprint density at radius 3 is 2.85 bits per heavy atom. The van der Waals surface area contributed by atoms with Crippen LogP contribution < -0.4 is 5.73 Å². The van der Waals surface area contributed by atoms with Gasteiger partial charge in [0.25, 0.3) is 0 Å². The lowest BCUT2D eigenvalue weighted by atomic mass is 10.2. The molecule has 13 heavy (non-hydrogen) atoms. The molecule has 0 atom stereocenters. The van der Waals surface area contributed by atoms with Crippen molar-refractivity contribution in [2.24, 2.45) is 5.73 Å². The van der Waals surface area contributed by atoms with Crippen LogP contribution >= 0.6 is 15.9 Å². The van der Waals surface area contributed by atoms with Crippen molar-refractivity contribution < 1.29 is 9.18 Å². The number of benzene rings is 1. The van der Waals surface area contributed by atoms with Gasteiger partial charge in [0.15, 0.2) is 0 Å². The maximum absolute atomic E-state index is 13.0. The van der Waals surface area contributed by atoms with Crippen molar-refractivity contribution in [2.75, 3.05) is 0 Å². The molecule has 0 radical (unpaired) electrons. The van der Waals surface area contributed by atoms with Crippen molar-refractivity contribution in [1.82, 2.24) is 0 Å². The molecular weight excluding hydrogens is 237 g/mol. The van der Waals surface area contributed by atoms with Crippen molar-refractivity contribution in [3.63, 3.8) is 0 Å². The summed E-state index contributed by atoms with van der Waals surface area (Å²) in [5.41, 5.74) is 5.20. The van der Waals surface area contributed by atoms with Gasteiger partial charge < -0.3 is 5.73 Å². The van der Waals surface area contributed by atoms with Gasteiger partial charge >= 0.3 is 0 Å². The molecule has 0 spiro atoms. The molecule has 0 saturated heterocycles. The molecule has 0 bridgehead atoms. The number of rotatable bonds is 2. The highest BCUT2D eigenvalue weighted by atomic mass is 79.9. The normalized spacial score (nSPS) is 10.6. The van der Waals surface area contributed by atoms with E-state index in [1.807, 2.05) is 0 Å². The van der Waals surface area contributed by atoms with Crippen LogP contribution in [0.2, 0.25) is 0 Å². The summed E-state index contributed by atoms with van der Waals surface area (Å²) in [7, 11) is 0. The van der Waals surface area contributed by atoms with Crippen LogP contribution in [0.4, 0.5) is 4.39 Å². The van der Waals surface area contributed by atoms with Crippen molar-refractivity contribution in [1.29, 1.82) is 0 Å². The third-order valence-corrected chi connectivity index (χ3v) is 1.88. The smallest absolute Gasteiger partial charge is 0.241 e. The largest absolute Gasteiger partial charge is 0.366 e. The summed E-state index contributed by atoms with van der Waals surface area (Å²) in [5, 5.41) is 0. The van der Waals surface area contributed by atoms with E-state index in [0.717, 1.165) is 10.5 Å². The molecule has 1 rings (SSSR count). The van der Waals surface area contributed by atoms with Gasteiger partial charge in [0.2, 0.25) is 5.91 Å². The summed E-state index contributed by atoms with van der Waals surface area (Å²) in [6, 6.07) is 4.45. The molecule has 2 nitrogen and oxygen atoms in total. The minimum Gasteiger partial charge on any atom is -0.366 e. The highest BCUT2D eigenvalue weighted by molar-refractivity contribution is 9.10. The molecule has 1 amide bonds. The molecular formula is C9H7BrFNO. The predicted molar refractivity (Wildman–Crippen MR) is 52.3 cm³/mol. The number of nitrogens with two attached hydrogens (primary N) is 1. The number of primary amides is 1. The van der Waals surface area contributed by atoms with Crippen molar-refractivity contribution in [2.45, 2.75) is 0 Å². The Bertz CT molecular complexity index is 363. The second-order valence-electron chi connectivity index (χ2n) is 2.40. The average Bonchev–Trinajstić information content (AvgIpc) is 2.06. The number of hydrogen-bond acceptors (Lipinski definition) is 1. The van der Waals surface area contributed by atoms with Crippen LogP contribution in [0.5, 0.6) is 0 Å². The molecule has 0 heterocycles. The lowest BCUT2D eigenvalue weighted by Gasteiger charge is -1.96. The Kier molecular flexibility index (Phi) is 3.19. The number of carbonyl (C=O) groups excluding carboxylic acids is 1. The molecule has 4 heteroatoms. The molecule has 68 valence electrons. The van der Waals surface area contributed by atoms with Crippen LogP contribution in [0.25, 0.3) is 6.08 Å². The minimum atomic E-state index is -0.598. The van der Waals surface area contributed by atoms with Crippen LogP contribution in [0.3, 0.4) is 0 Å². The van der Waals surface area contributed by atoms with E-state index in [2.05, 4.69) is 15.9 Å². The molecule has 0 fully saturated rings. The van der Waals surface area contributed by atoms with Gasteiger partial charge in [-0.25, -0.2) is 4.39 Å².